The fraction of sp³-hybridized carbons (Fsp3) is 0.167. The third-order valence-corrected chi connectivity index (χ3v) is 4.14. The standard InChI is InChI=1S/C12H13FN4O2S/c1-8-11(13)4-10(5-12(8)14)20(18,19)17-6-9-2-3-15-7-16-9/h2-5,7,17H,6,14H2,1H3. The molecule has 2 aromatic rings. The van der Waals surface area contributed by atoms with E-state index in [1.807, 2.05) is 0 Å². The van der Waals surface area contributed by atoms with Crippen molar-refractivity contribution in [3.63, 3.8) is 0 Å². The quantitative estimate of drug-likeness (QED) is 0.820. The Morgan fingerprint density at radius 3 is 2.75 bits per heavy atom. The van der Waals surface area contributed by atoms with Crippen LogP contribution >= 0.6 is 0 Å². The van der Waals surface area contributed by atoms with Crippen LogP contribution in [0.5, 0.6) is 0 Å². The van der Waals surface area contributed by atoms with Crippen LogP contribution in [0.2, 0.25) is 0 Å². The minimum Gasteiger partial charge on any atom is -0.398 e. The highest BCUT2D eigenvalue weighted by molar-refractivity contribution is 7.89. The first-order valence-corrected chi connectivity index (χ1v) is 7.18. The number of nitrogens with zero attached hydrogens (tertiary/aromatic N) is 2. The predicted molar refractivity (Wildman–Crippen MR) is 71.6 cm³/mol. The Kier molecular flexibility index (Phi) is 3.96. The van der Waals surface area contributed by atoms with E-state index in [1.165, 1.54) is 25.5 Å². The van der Waals surface area contributed by atoms with Crippen LogP contribution in [0.15, 0.2) is 35.6 Å². The number of halogens is 1. The molecule has 0 bridgehead atoms. The lowest BCUT2D eigenvalue weighted by molar-refractivity contribution is 0.575. The minimum absolute atomic E-state index is 0.0136. The second kappa shape index (κ2) is 5.51. The lowest BCUT2D eigenvalue weighted by Gasteiger charge is -2.09. The highest BCUT2D eigenvalue weighted by atomic mass is 32.2. The Morgan fingerprint density at radius 1 is 1.40 bits per heavy atom. The van der Waals surface area contributed by atoms with Gasteiger partial charge in [0.25, 0.3) is 0 Å². The van der Waals surface area contributed by atoms with Crippen molar-refractivity contribution in [1.82, 2.24) is 14.7 Å². The van der Waals surface area contributed by atoms with Gasteiger partial charge in [0.15, 0.2) is 0 Å². The smallest absolute Gasteiger partial charge is 0.241 e. The number of aromatic nitrogens is 2. The molecule has 8 heteroatoms. The molecule has 1 aromatic heterocycles. The van der Waals surface area contributed by atoms with E-state index in [0.29, 0.717) is 5.69 Å². The summed E-state index contributed by atoms with van der Waals surface area (Å²) in [7, 11) is -3.85. The van der Waals surface area contributed by atoms with Crippen molar-refractivity contribution in [3.05, 3.63) is 47.8 Å². The number of nitrogen functional groups attached to an aromatic ring is 1. The molecule has 20 heavy (non-hydrogen) atoms. The van der Waals surface area contributed by atoms with Crippen molar-refractivity contribution in [2.45, 2.75) is 18.4 Å². The first kappa shape index (κ1) is 14.4. The Bertz CT molecular complexity index is 696. The summed E-state index contributed by atoms with van der Waals surface area (Å²) < 4.78 is 40.0. The van der Waals surface area contributed by atoms with Gasteiger partial charge in [-0.2, -0.15) is 0 Å². The van der Waals surface area contributed by atoms with Crippen LogP contribution in [0.4, 0.5) is 10.1 Å². The summed E-state index contributed by atoms with van der Waals surface area (Å²) in [6.07, 6.45) is 2.81. The fourth-order valence-electron chi connectivity index (χ4n) is 1.50. The van der Waals surface area contributed by atoms with Crippen LogP contribution in [0, 0.1) is 12.7 Å². The largest absolute Gasteiger partial charge is 0.398 e. The van der Waals surface area contributed by atoms with Gasteiger partial charge in [0.05, 0.1) is 17.1 Å². The summed E-state index contributed by atoms with van der Waals surface area (Å²) in [4.78, 5) is 7.40. The molecule has 0 unspecified atom stereocenters. The minimum atomic E-state index is -3.85. The maximum Gasteiger partial charge on any atom is 0.241 e. The zero-order valence-electron chi connectivity index (χ0n) is 10.7. The van der Waals surface area contributed by atoms with Gasteiger partial charge >= 0.3 is 0 Å². The lowest BCUT2D eigenvalue weighted by Crippen LogP contribution is -2.24. The topological polar surface area (TPSA) is 98.0 Å². The Labute approximate surface area is 115 Å². The predicted octanol–water partition coefficient (Wildman–Crippen LogP) is 0.985. The second-order valence-corrected chi connectivity index (χ2v) is 5.91. The molecule has 3 N–H and O–H groups in total. The number of anilines is 1. The van der Waals surface area contributed by atoms with Crippen LogP contribution in [0.1, 0.15) is 11.3 Å². The Balaban J connectivity index is 2.23. The third kappa shape index (κ3) is 3.09. The van der Waals surface area contributed by atoms with E-state index in [1.54, 1.807) is 6.07 Å². The third-order valence-electron chi connectivity index (χ3n) is 2.75. The monoisotopic (exact) mass is 296 g/mol. The summed E-state index contributed by atoms with van der Waals surface area (Å²) in [6.45, 7) is 1.47. The number of benzene rings is 1. The van der Waals surface area contributed by atoms with E-state index >= 15 is 0 Å². The average molecular weight is 296 g/mol. The van der Waals surface area contributed by atoms with E-state index < -0.39 is 15.8 Å². The van der Waals surface area contributed by atoms with Gasteiger partial charge in [-0.1, -0.05) is 0 Å². The van der Waals surface area contributed by atoms with Crippen LogP contribution in [-0.4, -0.2) is 18.4 Å². The molecule has 1 heterocycles. The fourth-order valence-corrected chi connectivity index (χ4v) is 2.55. The summed E-state index contributed by atoms with van der Waals surface area (Å²) in [5, 5.41) is 0. The maximum atomic E-state index is 13.5. The molecule has 6 nitrogen and oxygen atoms in total. The van der Waals surface area contributed by atoms with Crippen molar-refractivity contribution in [2.24, 2.45) is 0 Å². The summed E-state index contributed by atoms with van der Waals surface area (Å²) in [6, 6.07) is 3.74. The zero-order chi connectivity index (χ0) is 14.8. The number of nitrogens with one attached hydrogen (secondary N) is 1. The Hall–Kier alpha value is -2.06. The molecule has 0 aliphatic heterocycles. The molecule has 0 saturated carbocycles. The summed E-state index contributed by atoms with van der Waals surface area (Å²) >= 11 is 0. The summed E-state index contributed by atoms with van der Waals surface area (Å²) in [5.74, 6) is -0.660. The van der Waals surface area contributed by atoms with E-state index in [0.717, 1.165) is 6.07 Å². The number of hydrogen-bond acceptors (Lipinski definition) is 5. The van der Waals surface area contributed by atoms with Gasteiger partial charge in [0, 0.05) is 17.4 Å². The molecule has 0 saturated heterocycles. The molecule has 0 amide bonds. The number of nitrogens with two attached hydrogens (primary N) is 1. The number of rotatable bonds is 4. The molecule has 2 rings (SSSR count). The van der Waals surface area contributed by atoms with Gasteiger partial charge in [-0.3, -0.25) is 0 Å². The second-order valence-electron chi connectivity index (χ2n) is 4.14. The average Bonchev–Trinajstić information content (AvgIpc) is 2.43. The van der Waals surface area contributed by atoms with Crippen molar-refractivity contribution < 1.29 is 12.8 Å². The van der Waals surface area contributed by atoms with E-state index in [-0.39, 0.29) is 22.7 Å². The van der Waals surface area contributed by atoms with E-state index in [4.69, 9.17) is 5.73 Å². The summed E-state index contributed by atoms with van der Waals surface area (Å²) in [5.41, 5.74) is 6.39. The Morgan fingerprint density at radius 2 is 2.15 bits per heavy atom. The molecule has 0 spiro atoms. The zero-order valence-corrected chi connectivity index (χ0v) is 11.5. The van der Waals surface area contributed by atoms with Crippen LogP contribution in [-0.2, 0) is 16.6 Å². The van der Waals surface area contributed by atoms with Gasteiger partial charge in [0.2, 0.25) is 10.0 Å². The van der Waals surface area contributed by atoms with Crippen molar-refractivity contribution in [2.75, 3.05) is 5.73 Å². The molecule has 0 radical (unpaired) electrons. The van der Waals surface area contributed by atoms with Gasteiger partial charge < -0.3 is 5.73 Å². The molecule has 0 aliphatic carbocycles. The molecule has 1 aromatic carbocycles. The number of sulfonamides is 1. The van der Waals surface area contributed by atoms with E-state index in [9.17, 15) is 12.8 Å². The lowest BCUT2D eigenvalue weighted by atomic mass is 10.2. The molecule has 0 atom stereocenters. The van der Waals surface area contributed by atoms with Crippen molar-refractivity contribution in [3.8, 4) is 0 Å². The van der Waals surface area contributed by atoms with Crippen molar-refractivity contribution in [1.29, 1.82) is 0 Å². The van der Waals surface area contributed by atoms with E-state index in [2.05, 4.69) is 14.7 Å². The normalized spacial score (nSPS) is 11.5. The van der Waals surface area contributed by atoms with Gasteiger partial charge in [0.1, 0.15) is 12.1 Å². The highest BCUT2D eigenvalue weighted by Gasteiger charge is 2.17. The van der Waals surface area contributed by atoms with Crippen LogP contribution < -0.4 is 10.5 Å². The highest BCUT2D eigenvalue weighted by Crippen LogP contribution is 2.20. The molecule has 106 valence electrons. The van der Waals surface area contributed by atoms with Gasteiger partial charge in [-0.15, -0.1) is 0 Å². The van der Waals surface area contributed by atoms with Crippen molar-refractivity contribution >= 4 is 15.7 Å². The first-order valence-electron chi connectivity index (χ1n) is 5.70. The van der Waals surface area contributed by atoms with Gasteiger partial charge in [-0.05, 0) is 25.1 Å². The number of hydrogen-bond donors (Lipinski definition) is 2. The molecule has 0 fully saturated rings. The molecular weight excluding hydrogens is 283 g/mol. The maximum absolute atomic E-state index is 13.5. The first-order chi connectivity index (χ1) is 9.40. The van der Waals surface area contributed by atoms with Gasteiger partial charge in [-0.25, -0.2) is 27.5 Å². The van der Waals surface area contributed by atoms with Crippen LogP contribution in [0.3, 0.4) is 0 Å². The SMILES string of the molecule is Cc1c(N)cc(S(=O)(=O)NCc2ccncn2)cc1F. The molecule has 0 aliphatic rings. The van der Waals surface area contributed by atoms with Crippen LogP contribution in [0.25, 0.3) is 0 Å². The molecular formula is C12H13FN4O2S.